The Morgan fingerprint density at radius 1 is 0.392 bits per heavy atom. The Kier molecular flexibility index (Phi) is 36.9. The van der Waals surface area contributed by atoms with E-state index in [-0.39, 0.29) is 11.8 Å². The molecule has 0 aliphatic rings. The summed E-state index contributed by atoms with van der Waals surface area (Å²) < 4.78 is 0. The van der Waals surface area contributed by atoms with Gasteiger partial charge in [-0.05, 0) is 44.9 Å². The van der Waals surface area contributed by atoms with Gasteiger partial charge in [-0.3, -0.25) is 19.2 Å². The van der Waals surface area contributed by atoms with Crippen LogP contribution in [0.5, 0.6) is 0 Å². The summed E-state index contributed by atoms with van der Waals surface area (Å²) in [4.78, 5) is 56.9. The van der Waals surface area contributed by atoms with Gasteiger partial charge in [0.25, 0.3) is 0 Å². The lowest BCUT2D eigenvalue weighted by Gasteiger charge is -2.13. The Bertz CT molecular complexity index is 851. The van der Waals surface area contributed by atoms with E-state index in [1.54, 1.807) is 0 Å². The van der Waals surface area contributed by atoms with Crippen molar-refractivity contribution in [2.75, 3.05) is 6.54 Å². The molecule has 9 nitrogen and oxygen atoms in total. The lowest BCUT2D eigenvalue weighted by atomic mass is 10.0. The number of carbonyl (C=O) groups excluding carboxylic acids is 3. The summed E-state index contributed by atoms with van der Waals surface area (Å²) in [6.07, 6.45) is 37.1. The molecule has 2 amide bonds. The monoisotopic (exact) mass is 723 g/mol. The lowest BCUT2D eigenvalue weighted by molar-refractivity contribution is -0.138. The molecule has 0 heterocycles. The smallest absolute Gasteiger partial charge is 0.303 e. The molecule has 0 fully saturated rings. The van der Waals surface area contributed by atoms with Gasteiger partial charge in [-0.15, -0.1) is 0 Å². The lowest BCUT2D eigenvalue weighted by Crippen LogP contribution is -2.36. The van der Waals surface area contributed by atoms with Crippen LogP contribution in [0.25, 0.3) is 0 Å². The van der Waals surface area contributed by atoms with E-state index in [4.69, 9.17) is 10.2 Å². The van der Waals surface area contributed by atoms with E-state index in [1.165, 1.54) is 109 Å². The first kappa shape index (κ1) is 48.5. The predicted molar refractivity (Wildman–Crippen MR) is 208 cm³/mol. The van der Waals surface area contributed by atoms with Gasteiger partial charge < -0.3 is 25.6 Å². The molecule has 9 heteroatoms. The molecule has 0 aromatic carbocycles. The maximum Gasteiger partial charge on any atom is 0.303 e. The van der Waals surface area contributed by atoms with Gasteiger partial charge in [0.2, 0.25) is 11.8 Å². The molecule has 51 heavy (non-hydrogen) atoms. The van der Waals surface area contributed by atoms with E-state index in [0.717, 1.165) is 89.8 Å². The van der Waals surface area contributed by atoms with Gasteiger partial charge in [-0.25, -0.2) is 0 Å². The average Bonchev–Trinajstić information content (AvgIpc) is 3.10. The summed E-state index contributed by atoms with van der Waals surface area (Å²) >= 11 is 0. The van der Waals surface area contributed by atoms with Crippen molar-refractivity contribution in [3.8, 4) is 0 Å². The first-order chi connectivity index (χ1) is 24.8. The number of amides is 2. The van der Waals surface area contributed by atoms with E-state index < -0.39 is 18.0 Å². The number of hydrogen-bond acceptors (Lipinski definition) is 5. The summed E-state index contributed by atoms with van der Waals surface area (Å²) in [5.41, 5.74) is 0. The van der Waals surface area contributed by atoms with Crippen molar-refractivity contribution >= 4 is 30.0 Å². The van der Waals surface area contributed by atoms with Crippen LogP contribution in [0.4, 0.5) is 0 Å². The predicted octanol–water partition coefficient (Wildman–Crippen LogP) is 10.6. The van der Waals surface area contributed by atoms with E-state index in [0.29, 0.717) is 38.6 Å². The Labute approximate surface area is 311 Å². The van der Waals surface area contributed by atoms with Crippen LogP contribution in [0.1, 0.15) is 225 Å². The molecular weight excluding hydrogens is 644 g/mol. The van der Waals surface area contributed by atoms with Crippen LogP contribution in [0.15, 0.2) is 0 Å². The zero-order valence-corrected chi connectivity index (χ0v) is 32.5. The molecule has 0 aromatic heterocycles. The number of unbranched alkanes of at least 4 members (excludes halogenated alkanes) is 27. The van der Waals surface area contributed by atoms with Crippen molar-refractivity contribution in [2.24, 2.45) is 0 Å². The van der Waals surface area contributed by atoms with Gasteiger partial charge >= 0.3 is 11.9 Å². The highest BCUT2D eigenvalue weighted by atomic mass is 16.4. The topological polar surface area (TPSA) is 150 Å². The minimum absolute atomic E-state index is 0.0444. The normalized spacial score (nSPS) is 11.7. The van der Waals surface area contributed by atoms with E-state index in [2.05, 4.69) is 10.6 Å². The molecule has 0 aliphatic carbocycles. The quantitative estimate of drug-likeness (QED) is 0.0362. The molecule has 0 bridgehead atoms. The zero-order valence-electron chi connectivity index (χ0n) is 32.5. The highest BCUT2D eigenvalue weighted by Gasteiger charge is 2.11. The van der Waals surface area contributed by atoms with Crippen molar-refractivity contribution in [1.82, 2.24) is 10.6 Å². The summed E-state index contributed by atoms with van der Waals surface area (Å²) in [5, 5.41) is 23.1. The van der Waals surface area contributed by atoms with Crippen molar-refractivity contribution in [2.45, 2.75) is 231 Å². The third-order valence-electron chi connectivity index (χ3n) is 9.86. The largest absolute Gasteiger partial charge is 0.481 e. The third kappa shape index (κ3) is 40.2. The first-order valence-corrected chi connectivity index (χ1v) is 21.3. The number of aliphatic carboxylic acids is 2. The summed E-state index contributed by atoms with van der Waals surface area (Å²) in [5.74, 6) is -1.32. The number of rotatable bonds is 41. The molecule has 1 atom stereocenters. The van der Waals surface area contributed by atoms with Crippen LogP contribution in [-0.2, 0) is 24.0 Å². The summed E-state index contributed by atoms with van der Waals surface area (Å²) in [6.45, 7) is 0.612. The van der Waals surface area contributed by atoms with Crippen molar-refractivity contribution in [3.63, 3.8) is 0 Å². The van der Waals surface area contributed by atoms with E-state index in [1.807, 2.05) is 0 Å². The molecule has 0 aromatic rings. The number of carboxylic acid groups (broad SMARTS) is 2. The van der Waals surface area contributed by atoms with Crippen LogP contribution in [0, 0.1) is 0 Å². The Hall–Kier alpha value is -2.45. The third-order valence-corrected chi connectivity index (χ3v) is 9.86. The average molecular weight is 723 g/mol. The maximum absolute atomic E-state index is 12.3. The molecule has 0 rings (SSSR count). The van der Waals surface area contributed by atoms with Gasteiger partial charge in [0, 0.05) is 32.2 Å². The molecular formula is C42H78N2O7. The molecule has 1 unspecified atom stereocenters. The standard InChI is InChI=1S/C42H78N2O7/c45-37-38(44-40(47)33-26-22-18-14-10-6-2-4-8-12-16-20-24-28-35-42(50)51)31-29-30-36-43-39(46)32-25-21-17-13-9-5-1-3-7-11-15-19-23-27-34-41(48)49/h37-38H,1-36H2,(H,43,46)(H,44,47)(H,48,49)(H,50,51). The minimum Gasteiger partial charge on any atom is -0.481 e. The van der Waals surface area contributed by atoms with Crippen LogP contribution in [0.3, 0.4) is 0 Å². The number of hydrogen-bond donors (Lipinski definition) is 4. The number of carboxylic acids is 2. The number of nitrogens with one attached hydrogen (secondary N) is 2. The van der Waals surface area contributed by atoms with Crippen molar-refractivity contribution in [3.05, 3.63) is 0 Å². The van der Waals surface area contributed by atoms with Gasteiger partial charge in [0.1, 0.15) is 6.29 Å². The Morgan fingerprint density at radius 3 is 1.00 bits per heavy atom. The van der Waals surface area contributed by atoms with Crippen molar-refractivity contribution in [1.29, 1.82) is 0 Å². The Balaban J connectivity index is 3.46. The molecule has 4 N–H and O–H groups in total. The van der Waals surface area contributed by atoms with Crippen LogP contribution in [-0.4, -0.2) is 52.8 Å². The second-order valence-corrected chi connectivity index (χ2v) is 14.8. The molecule has 0 spiro atoms. The number of carbonyl (C=O) groups is 5. The SMILES string of the molecule is O=CC(CCCCNC(=O)CCCCCCCCCCCCCCCCC(=O)O)NC(=O)CCCCCCCCCCCCCCCCC(=O)O. The highest BCUT2D eigenvalue weighted by Crippen LogP contribution is 2.15. The fourth-order valence-corrected chi connectivity index (χ4v) is 6.62. The Morgan fingerprint density at radius 2 is 0.686 bits per heavy atom. The summed E-state index contributed by atoms with van der Waals surface area (Å²) in [6, 6.07) is -0.446. The highest BCUT2D eigenvalue weighted by molar-refractivity contribution is 5.79. The maximum atomic E-state index is 12.3. The number of aldehydes is 1. The second-order valence-electron chi connectivity index (χ2n) is 14.8. The van der Waals surface area contributed by atoms with Crippen LogP contribution >= 0.6 is 0 Å². The first-order valence-electron chi connectivity index (χ1n) is 21.3. The van der Waals surface area contributed by atoms with E-state index >= 15 is 0 Å². The van der Waals surface area contributed by atoms with Crippen LogP contribution in [0.2, 0.25) is 0 Å². The van der Waals surface area contributed by atoms with Crippen molar-refractivity contribution < 1.29 is 34.2 Å². The minimum atomic E-state index is -0.690. The zero-order chi connectivity index (χ0) is 37.5. The van der Waals surface area contributed by atoms with Gasteiger partial charge in [0.05, 0.1) is 6.04 Å². The molecule has 298 valence electrons. The molecule has 0 saturated carbocycles. The molecule has 0 radical (unpaired) electrons. The van der Waals surface area contributed by atoms with Gasteiger partial charge in [-0.1, -0.05) is 154 Å². The summed E-state index contributed by atoms with van der Waals surface area (Å²) in [7, 11) is 0. The van der Waals surface area contributed by atoms with E-state index in [9.17, 15) is 24.0 Å². The van der Waals surface area contributed by atoms with Gasteiger partial charge in [-0.2, -0.15) is 0 Å². The molecule has 0 aliphatic heterocycles. The van der Waals surface area contributed by atoms with Gasteiger partial charge in [0.15, 0.2) is 0 Å². The fraction of sp³-hybridized carbons (Fsp3) is 0.881. The fourth-order valence-electron chi connectivity index (χ4n) is 6.62. The second kappa shape index (κ2) is 38.8. The molecule has 0 saturated heterocycles. The van der Waals surface area contributed by atoms with Crippen LogP contribution < -0.4 is 10.6 Å².